The van der Waals surface area contributed by atoms with Gasteiger partial charge in [-0.25, -0.2) is 4.79 Å². The minimum absolute atomic E-state index is 0.166. The van der Waals surface area contributed by atoms with Crippen molar-refractivity contribution < 1.29 is 27.4 Å². The van der Waals surface area contributed by atoms with Crippen molar-refractivity contribution in [3.63, 3.8) is 0 Å². The van der Waals surface area contributed by atoms with Crippen LogP contribution in [0.5, 0.6) is 5.88 Å². The molecule has 0 radical (unpaired) electrons. The van der Waals surface area contributed by atoms with E-state index in [0.717, 1.165) is 22.5 Å². The van der Waals surface area contributed by atoms with Gasteiger partial charge in [0.15, 0.2) is 5.82 Å². The fourth-order valence-corrected chi connectivity index (χ4v) is 4.76. The molecular weight excluding hydrogens is 511 g/mol. The largest absolute Gasteiger partial charge is 0.479 e. The molecule has 1 amide bonds. The van der Waals surface area contributed by atoms with Gasteiger partial charge in [-0.05, 0) is 70.0 Å². The van der Waals surface area contributed by atoms with Crippen LogP contribution in [0.3, 0.4) is 0 Å². The van der Waals surface area contributed by atoms with Gasteiger partial charge in [-0.15, -0.1) is 10.2 Å². The summed E-state index contributed by atoms with van der Waals surface area (Å²) in [4.78, 5) is 16.3. The van der Waals surface area contributed by atoms with E-state index in [9.17, 15) is 18.0 Å². The van der Waals surface area contributed by atoms with Crippen molar-refractivity contribution in [1.82, 2.24) is 15.1 Å². The van der Waals surface area contributed by atoms with Crippen LogP contribution in [0.1, 0.15) is 50.4 Å². The molecule has 1 aliphatic heterocycles. The van der Waals surface area contributed by atoms with Gasteiger partial charge < -0.3 is 24.6 Å². The van der Waals surface area contributed by atoms with E-state index in [4.69, 9.17) is 9.47 Å². The predicted octanol–water partition coefficient (Wildman–Crippen LogP) is 6.20. The molecule has 1 aliphatic rings. The first-order valence-corrected chi connectivity index (χ1v) is 12.8. The van der Waals surface area contributed by atoms with Crippen LogP contribution >= 0.6 is 0 Å². The third-order valence-corrected chi connectivity index (χ3v) is 6.72. The number of benzene rings is 2. The number of anilines is 2. The van der Waals surface area contributed by atoms with Crippen LogP contribution in [0.4, 0.5) is 29.5 Å². The molecule has 39 heavy (non-hydrogen) atoms. The van der Waals surface area contributed by atoms with Crippen molar-refractivity contribution in [1.29, 1.82) is 0 Å². The minimum Gasteiger partial charge on any atom is -0.479 e. The third-order valence-electron chi connectivity index (χ3n) is 6.72. The Kier molecular flexibility index (Phi) is 7.81. The number of carbonyl (C=O) groups excluding carboxylic acids is 1. The Hall–Kier alpha value is -3.76. The molecule has 0 saturated carbocycles. The number of fused-ring (bicyclic) bond motifs is 1. The first-order chi connectivity index (χ1) is 18.3. The van der Waals surface area contributed by atoms with Gasteiger partial charge in [0.05, 0.1) is 18.7 Å². The monoisotopic (exact) mass is 545 g/mol. The molecule has 2 heterocycles. The van der Waals surface area contributed by atoms with Gasteiger partial charge in [-0.1, -0.05) is 12.1 Å². The van der Waals surface area contributed by atoms with Crippen molar-refractivity contribution in [3.05, 3.63) is 53.1 Å². The van der Waals surface area contributed by atoms with Gasteiger partial charge in [-0.2, -0.15) is 13.2 Å². The number of hydrogen-bond acceptors (Lipinski definition) is 7. The molecule has 0 bridgehead atoms. The van der Waals surface area contributed by atoms with Crippen molar-refractivity contribution in [2.75, 3.05) is 43.5 Å². The Morgan fingerprint density at radius 3 is 2.33 bits per heavy atom. The lowest BCUT2D eigenvalue weighted by molar-refractivity contribution is -0.138. The molecule has 0 aliphatic carbocycles. The normalized spacial score (nSPS) is 15.3. The molecule has 1 atom stereocenters. The van der Waals surface area contributed by atoms with Crippen LogP contribution in [0.2, 0.25) is 0 Å². The second-order valence-corrected chi connectivity index (χ2v) is 10.6. The smallest absolute Gasteiger partial charge is 0.416 e. The van der Waals surface area contributed by atoms with Crippen LogP contribution in [0, 0.1) is 6.92 Å². The van der Waals surface area contributed by atoms with Crippen LogP contribution in [-0.4, -0.2) is 60.1 Å². The lowest BCUT2D eigenvalue weighted by Gasteiger charge is -2.36. The Bertz CT molecular complexity index is 1350. The van der Waals surface area contributed by atoms with Crippen LogP contribution in [0.25, 0.3) is 10.8 Å². The van der Waals surface area contributed by atoms with E-state index >= 15 is 0 Å². The van der Waals surface area contributed by atoms with E-state index in [0.29, 0.717) is 43.4 Å². The number of piperazine rings is 1. The maximum absolute atomic E-state index is 13.5. The van der Waals surface area contributed by atoms with Gasteiger partial charge >= 0.3 is 12.3 Å². The number of alkyl halides is 3. The van der Waals surface area contributed by atoms with E-state index in [1.807, 2.05) is 39.0 Å². The number of halogens is 3. The molecule has 3 aromatic rings. The zero-order chi connectivity index (χ0) is 28.5. The van der Waals surface area contributed by atoms with Gasteiger partial charge in [0.2, 0.25) is 5.88 Å². The number of methoxy groups -OCH3 is 1. The first-order valence-electron chi connectivity index (χ1n) is 12.8. The molecule has 4 rings (SSSR count). The van der Waals surface area contributed by atoms with E-state index < -0.39 is 23.4 Å². The van der Waals surface area contributed by atoms with Gasteiger partial charge in [-0.3, -0.25) is 0 Å². The predicted molar refractivity (Wildman–Crippen MR) is 144 cm³/mol. The number of aromatic nitrogens is 2. The van der Waals surface area contributed by atoms with Gasteiger partial charge in [0.25, 0.3) is 0 Å². The number of amides is 1. The Balaban J connectivity index is 1.60. The topological polar surface area (TPSA) is 79.8 Å². The Morgan fingerprint density at radius 1 is 1.03 bits per heavy atom. The molecule has 1 fully saturated rings. The highest BCUT2D eigenvalue weighted by Gasteiger charge is 2.33. The molecule has 2 aromatic carbocycles. The molecule has 0 spiro atoms. The number of nitrogens with one attached hydrogen (secondary N) is 1. The molecule has 1 aromatic heterocycles. The van der Waals surface area contributed by atoms with E-state index in [1.165, 1.54) is 20.1 Å². The fourth-order valence-electron chi connectivity index (χ4n) is 4.76. The zero-order valence-electron chi connectivity index (χ0n) is 23.0. The summed E-state index contributed by atoms with van der Waals surface area (Å²) in [6.45, 7) is 11.1. The average Bonchev–Trinajstić information content (AvgIpc) is 2.87. The fraction of sp³-hybridized carbons (Fsp3) is 0.464. The van der Waals surface area contributed by atoms with Gasteiger partial charge in [0.1, 0.15) is 5.60 Å². The zero-order valence-corrected chi connectivity index (χ0v) is 23.0. The van der Waals surface area contributed by atoms with Crippen molar-refractivity contribution in [3.8, 4) is 5.88 Å². The number of nitrogens with zero attached hydrogens (tertiary/aromatic N) is 4. The summed E-state index contributed by atoms with van der Waals surface area (Å²) < 4.78 is 51.4. The maximum atomic E-state index is 13.5. The maximum Gasteiger partial charge on any atom is 0.416 e. The highest BCUT2D eigenvalue weighted by molar-refractivity contribution is 5.97. The van der Waals surface area contributed by atoms with Crippen molar-refractivity contribution >= 4 is 28.4 Å². The molecule has 11 heteroatoms. The average molecular weight is 546 g/mol. The summed E-state index contributed by atoms with van der Waals surface area (Å²) >= 11 is 0. The van der Waals surface area contributed by atoms with Crippen LogP contribution < -0.4 is 15.0 Å². The summed E-state index contributed by atoms with van der Waals surface area (Å²) in [5.41, 5.74) is 0.392. The van der Waals surface area contributed by atoms with Crippen molar-refractivity contribution in [2.45, 2.75) is 52.4 Å². The third kappa shape index (κ3) is 6.29. The van der Waals surface area contributed by atoms with Gasteiger partial charge in [0, 0.05) is 42.6 Å². The molecule has 1 saturated heterocycles. The molecule has 0 unspecified atom stereocenters. The SMILES string of the molecule is COc1nnc(N[C@H](C)c2cccc(C(F)(F)F)c2C)c2cc(N3CCN(C(=O)OC(C)(C)C)CC3)ccc12. The van der Waals surface area contributed by atoms with Crippen LogP contribution in [0.15, 0.2) is 36.4 Å². The molecular formula is C28H34F3N5O3. The minimum atomic E-state index is -4.44. The van der Waals surface area contributed by atoms with Crippen molar-refractivity contribution in [2.24, 2.45) is 0 Å². The van der Waals surface area contributed by atoms with E-state index in [2.05, 4.69) is 20.4 Å². The number of hydrogen-bond donors (Lipinski definition) is 1. The van der Waals surface area contributed by atoms with E-state index in [1.54, 1.807) is 17.9 Å². The highest BCUT2D eigenvalue weighted by Crippen LogP contribution is 2.37. The lowest BCUT2D eigenvalue weighted by Crippen LogP contribution is -2.50. The summed E-state index contributed by atoms with van der Waals surface area (Å²) in [5, 5.41) is 13.2. The standard InChI is InChI=1S/C28H34F3N5O3/c1-17-20(8-7-9-23(17)28(29,30)31)18(2)32-24-22-16-19(10-11-21(22)25(38-6)34-33-24)35-12-14-36(15-13-35)26(37)39-27(3,4)5/h7-11,16,18H,12-15H2,1-6H3,(H,32,33)/t18-/m1/s1. The second-order valence-electron chi connectivity index (χ2n) is 10.6. The summed E-state index contributed by atoms with van der Waals surface area (Å²) in [5.74, 6) is 0.782. The first kappa shape index (κ1) is 28.3. The number of rotatable bonds is 5. The summed E-state index contributed by atoms with van der Waals surface area (Å²) in [7, 11) is 1.51. The van der Waals surface area contributed by atoms with E-state index in [-0.39, 0.29) is 11.7 Å². The highest BCUT2D eigenvalue weighted by atomic mass is 19.4. The second kappa shape index (κ2) is 10.8. The van der Waals surface area contributed by atoms with Crippen LogP contribution in [-0.2, 0) is 10.9 Å². The molecule has 210 valence electrons. The quantitative estimate of drug-likeness (QED) is 0.409. The lowest BCUT2D eigenvalue weighted by atomic mass is 9.97. The summed E-state index contributed by atoms with van der Waals surface area (Å²) in [6, 6.07) is 9.52. The number of carbonyl (C=O) groups is 1. The molecule has 1 N–H and O–H groups in total. The summed E-state index contributed by atoms with van der Waals surface area (Å²) in [6.07, 6.45) is -4.76. The number of ether oxygens (including phenoxy) is 2. The Morgan fingerprint density at radius 2 is 1.72 bits per heavy atom. The Labute approximate surface area is 226 Å². The molecule has 8 nitrogen and oxygen atoms in total.